The zero-order valence-electron chi connectivity index (χ0n) is 6.55. The quantitative estimate of drug-likeness (QED) is 0.631. The highest BCUT2D eigenvalue weighted by Crippen LogP contribution is 2.11. The Morgan fingerprint density at radius 2 is 1.46 bits per heavy atom. The summed E-state index contributed by atoms with van der Waals surface area (Å²) in [7, 11) is 0. The van der Waals surface area contributed by atoms with Gasteiger partial charge in [-0.1, -0.05) is 18.2 Å². The first-order valence-corrected chi connectivity index (χ1v) is 3.34. The summed E-state index contributed by atoms with van der Waals surface area (Å²) in [5, 5.41) is 7.28. The van der Waals surface area contributed by atoms with E-state index in [9.17, 15) is 17.6 Å². The van der Waals surface area contributed by atoms with Crippen LogP contribution in [-0.4, -0.2) is 17.9 Å². The van der Waals surface area contributed by atoms with Gasteiger partial charge in [0.25, 0.3) is 0 Å². The van der Waals surface area contributed by atoms with Crippen LogP contribution in [0.4, 0.5) is 17.6 Å². The molecule has 1 N–H and O–H groups in total. The van der Waals surface area contributed by atoms with Gasteiger partial charge in [0.05, 0.1) is 0 Å². The smallest absolute Gasteiger partial charge is 0.387 e. The van der Waals surface area contributed by atoms with Crippen molar-refractivity contribution in [3.8, 4) is 0 Å². The van der Waals surface area contributed by atoms with Gasteiger partial charge in [-0.15, -0.1) is 0 Å². The average Bonchev–Trinajstić information content (AvgIpc) is 2.06. The number of hydrogen-bond acceptors (Lipinski definition) is 1. The zero-order chi connectivity index (χ0) is 10.3. The fourth-order valence-corrected chi connectivity index (χ4v) is 0.415. The third kappa shape index (κ3) is 8.81. The summed E-state index contributed by atoms with van der Waals surface area (Å²) in [5.74, 6) is -0.178. The second kappa shape index (κ2) is 5.53. The first-order valence-electron chi connectivity index (χ1n) is 3.34. The van der Waals surface area contributed by atoms with E-state index in [0.717, 1.165) is 0 Å². The molecule has 1 rings (SSSR count). The third-order valence-electron chi connectivity index (χ3n) is 0.912. The molecule has 0 atom stereocenters. The van der Waals surface area contributed by atoms with E-state index < -0.39 is 12.8 Å². The van der Waals surface area contributed by atoms with Crippen molar-refractivity contribution in [2.45, 2.75) is 6.18 Å². The molecule has 0 aromatic heterocycles. The van der Waals surface area contributed by atoms with E-state index >= 15 is 0 Å². The second-order valence-electron chi connectivity index (χ2n) is 2.07. The molecule has 0 spiro atoms. The summed E-state index contributed by atoms with van der Waals surface area (Å²) in [6.45, 7) is -1.73. The summed E-state index contributed by atoms with van der Waals surface area (Å²) in [6.07, 6.45) is -4.40. The van der Waals surface area contributed by atoms with Gasteiger partial charge in [-0.3, -0.25) is 0 Å². The summed E-state index contributed by atoms with van der Waals surface area (Å²) in [6, 6.07) is 7.94. The number of halogens is 4. The van der Waals surface area contributed by atoms with Crippen LogP contribution in [0.5, 0.6) is 0 Å². The van der Waals surface area contributed by atoms with Gasteiger partial charge in [-0.25, -0.2) is 4.39 Å². The monoisotopic (exact) mass is 196 g/mol. The molecule has 0 aliphatic carbocycles. The van der Waals surface area contributed by atoms with E-state index in [4.69, 9.17) is 5.11 Å². The Labute approximate surface area is 72.6 Å². The average molecular weight is 196 g/mol. The molecule has 0 saturated carbocycles. The molecule has 0 fully saturated rings. The van der Waals surface area contributed by atoms with Crippen molar-refractivity contribution in [1.82, 2.24) is 0 Å². The van der Waals surface area contributed by atoms with Crippen LogP contribution in [-0.2, 0) is 0 Å². The molecular weight excluding hydrogens is 188 g/mol. The molecule has 0 heterocycles. The number of alkyl halides is 3. The summed E-state index contributed by atoms with van der Waals surface area (Å²) in [4.78, 5) is 0. The molecule has 0 saturated heterocycles. The molecule has 74 valence electrons. The molecule has 1 aromatic rings. The van der Waals surface area contributed by atoms with Crippen molar-refractivity contribution in [2.75, 3.05) is 6.61 Å². The SMILES string of the molecule is Fc1ccccc1.OCC(F)(F)F. The predicted molar refractivity (Wildman–Crippen MR) is 39.5 cm³/mol. The highest BCUT2D eigenvalue weighted by molar-refractivity contribution is 5.02. The Morgan fingerprint density at radius 1 is 1.08 bits per heavy atom. The van der Waals surface area contributed by atoms with Crippen LogP contribution in [0.15, 0.2) is 30.3 Å². The van der Waals surface area contributed by atoms with Gasteiger partial charge in [0.1, 0.15) is 12.4 Å². The van der Waals surface area contributed by atoms with Gasteiger partial charge in [0, 0.05) is 0 Å². The van der Waals surface area contributed by atoms with Crippen LogP contribution in [0.1, 0.15) is 0 Å². The van der Waals surface area contributed by atoms with Crippen LogP contribution < -0.4 is 0 Å². The molecule has 5 heteroatoms. The van der Waals surface area contributed by atoms with Gasteiger partial charge in [-0.05, 0) is 12.1 Å². The van der Waals surface area contributed by atoms with Crippen molar-refractivity contribution in [3.05, 3.63) is 36.1 Å². The highest BCUT2D eigenvalue weighted by atomic mass is 19.4. The Balaban J connectivity index is 0.000000226. The largest absolute Gasteiger partial charge is 0.411 e. The van der Waals surface area contributed by atoms with E-state index in [0.29, 0.717) is 0 Å². The maximum atomic E-state index is 11.9. The number of rotatable bonds is 0. The molecule has 0 bridgehead atoms. The van der Waals surface area contributed by atoms with Crippen LogP contribution in [0.25, 0.3) is 0 Å². The van der Waals surface area contributed by atoms with Crippen LogP contribution in [0.3, 0.4) is 0 Å². The first kappa shape index (κ1) is 11.9. The molecule has 0 aliphatic rings. The lowest BCUT2D eigenvalue weighted by Gasteiger charge is -1.95. The highest BCUT2D eigenvalue weighted by Gasteiger charge is 2.24. The topological polar surface area (TPSA) is 20.2 Å². The van der Waals surface area contributed by atoms with E-state index in [1.807, 2.05) is 0 Å². The molecular formula is C8H8F4O. The Hall–Kier alpha value is -1.10. The van der Waals surface area contributed by atoms with Gasteiger partial charge < -0.3 is 5.11 Å². The Kier molecular flexibility index (Phi) is 5.06. The standard InChI is InChI=1S/C6H5F.C2H3F3O/c7-6-4-2-1-3-5-6;3-2(4,5)1-6/h1-5H;6H,1H2. The van der Waals surface area contributed by atoms with Gasteiger partial charge in [0.2, 0.25) is 0 Å². The lowest BCUT2D eigenvalue weighted by atomic mass is 10.4. The van der Waals surface area contributed by atoms with Crippen molar-refractivity contribution < 1.29 is 22.7 Å². The van der Waals surface area contributed by atoms with Crippen LogP contribution in [0.2, 0.25) is 0 Å². The van der Waals surface area contributed by atoms with Crippen molar-refractivity contribution in [1.29, 1.82) is 0 Å². The van der Waals surface area contributed by atoms with E-state index in [2.05, 4.69) is 0 Å². The minimum absolute atomic E-state index is 0.178. The van der Waals surface area contributed by atoms with E-state index in [1.54, 1.807) is 18.2 Å². The molecule has 1 aromatic carbocycles. The van der Waals surface area contributed by atoms with Gasteiger partial charge >= 0.3 is 6.18 Å². The maximum absolute atomic E-state index is 11.9. The van der Waals surface area contributed by atoms with Crippen molar-refractivity contribution in [3.63, 3.8) is 0 Å². The molecule has 13 heavy (non-hydrogen) atoms. The fraction of sp³-hybridized carbons (Fsp3) is 0.250. The Morgan fingerprint density at radius 3 is 1.62 bits per heavy atom. The molecule has 1 nitrogen and oxygen atoms in total. The number of benzene rings is 1. The number of hydrogen-bond donors (Lipinski definition) is 1. The lowest BCUT2D eigenvalue weighted by Crippen LogP contribution is -2.12. The first-order chi connectivity index (χ1) is 5.95. The summed E-state index contributed by atoms with van der Waals surface area (Å²) >= 11 is 0. The van der Waals surface area contributed by atoms with Crippen molar-refractivity contribution in [2.24, 2.45) is 0 Å². The summed E-state index contributed by atoms with van der Waals surface area (Å²) in [5.41, 5.74) is 0. The molecule has 0 unspecified atom stereocenters. The maximum Gasteiger partial charge on any atom is 0.411 e. The minimum Gasteiger partial charge on any atom is -0.387 e. The zero-order valence-corrected chi connectivity index (χ0v) is 6.55. The summed E-state index contributed by atoms with van der Waals surface area (Å²) < 4.78 is 43.5. The van der Waals surface area contributed by atoms with Crippen LogP contribution in [0, 0.1) is 5.82 Å². The van der Waals surface area contributed by atoms with E-state index in [1.165, 1.54) is 12.1 Å². The normalized spacial score (nSPS) is 10.2. The molecule has 0 radical (unpaired) electrons. The Bertz CT molecular complexity index is 219. The van der Waals surface area contributed by atoms with Gasteiger partial charge in [0.15, 0.2) is 0 Å². The number of aliphatic hydroxyl groups is 1. The molecule has 0 amide bonds. The third-order valence-corrected chi connectivity index (χ3v) is 0.912. The lowest BCUT2D eigenvalue weighted by molar-refractivity contribution is -0.159. The fourth-order valence-electron chi connectivity index (χ4n) is 0.415. The van der Waals surface area contributed by atoms with Crippen molar-refractivity contribution >= 4 is 0 Å². The molecule has 0 aliphatic heterocycles. The number of aliphatic hydroxyl groups excluding tert-OH is 1. The minimum atomic E-state index is -4.40. The van der Waals surface area contributed by atoms with Crippen LogP contribution >= 0.6 is 0 Å². The second-order valence-corrected chi connectivity index (χ2v) is 2.07. The van der Waals surface area contributed by atoms with Gasteiger partial charge in [-0.2, -0.15) is 13.2 Å². The predicted octanol–water partition coefficient (Wildman–Crippen LogP) is 2.37. The van der Waals surface area contributed by atoms with E-state index in [-0.39, 0.29) is 5.82 Å².